The Morgan fingerprint density at radius 2 is 2.00 bits per heavy atom. The lowest BCUT2D eigenvalue weighted by atomic mass is 10.1. The van der Waals surface area contributed by atoms with Crippen LogP contribution in [0.25, 0.3) is 11.3 Å². The van der Waals surface area contributed by atoms with Gasteiger partial charge in [0.1, 0.15) is 0 Å². The molecule has 0 saturated heterocycles. The number of aromatic nitrogens is 1. The summed E-state index contributed by atoms with van der Waals surface area (Å²) in [5.41, 5.74) is 2.53. The first-order chi connectivity index (χ1) is 7.18. The smallest absolute Gasteiger partial charge is 0.0840 e. The van der Waals surface area contributed by atoms with E-state index in [0.29, 0.717) is 11.7 Å². The number of hydrogen-bond acceptors (Lipinski definition) is 1. The zero-order chi connectivity index (χ0) is 10.8. The number of pyridine rings is 1. The zero-order valence-electron chi connectivity index (χ0n) is 9.41. The lowest BCUT2D eigenvalue weighted by molar-refractivity contribution is 1.31. The van der Waals surface area contributed by atoms with E-state index in [1.165, 1.54) is 0 Å². The molecule has 64 valence electrons. The Balaban J connectivity index is 2.63. The average Bonchev–Trinajstić information content (AvgIpc) is 2.17. The van der Waals surface area contributed by atoms with Crippen LogP contribution in [0.4, 0.5) is 0 Å². The van der Waals surface area contributed by atoms with Crippen molar-refractivity contribution in [2.75, 3.05) is 0 Å². The van der Waals surface area contributed by atoms with Gasteiger partial charge < -0.3 is 0 Å². The van der Waals surface area contributed by atoms with E-state index in [2.05, 4.69) is 4.98 Å². The van der Waals surface area contributed by atoms with Crippen LogP contribution in [0.2, 0.25) is 0 Å². The van der Waals surface area contributed by atoms with Crippen molar-refractivity contribution in [3.63, 3.8) is 0 Å². The van der Waals surface area contributed by atoms with E-state index >= 15 is 0 Å². The predicted molar refractivity (Wildman–Crippen MR) is 54.4 cm³/mol. The molecule has 0 bridgehead atoms. The third-order valence-electron chi connectivity index (χ3n) is 1.93. The van der Waals surface area contributed by atoms with Crippen molar-refractivity contribution >= 4 is 0 Å². The van der Waals surface area contributed by atoms with Crippen LogP contribution in [0.1, 0.15) is 8.30 Å². The highest BCUT2D eigenvalue weighted by Gasteiger charge is 1.99. The maximum absolute atomic E-state index is 7.82. The monoisotopic (exact) mass is 171 g/mol. The minimum absolute atomic E-state index is 0.232. The van der Waals surface area contributed by atoms with E-state index in [4.69, 9.17) is 2.74 Å². The number of benzene rings is 1. The Bertz CT molecular complexity index is 474. The summed E-state index contributed by atoms with van der Waals surface area (Å²) in [5.74, 6) is 0. The molecule has 0 spiro atoms. The average molecular weight is 171 g/mol. The quantitative estimate of drug-likeness (QED) is 0.642. The molecule has 0 aliphatic heterocycles. The van der Waals surface area contributed by atoms with Crippen LogP contribution in [0.15, 0.2) is 48.6 Å². The summed E-state index contributed by atoms with van der Waals surface area (Å²) in [5, 5.41) is 0. The van der Waals surface area contributed by atoms with Crippen molar-refractivity contribution in [1.29, 1.82) is 0 Å². The molecule has 0 aliphatic rings. The molecule has 2 aromatic rings. The number of rotatable bonds is 1. The molecule has 1 nitrogen and oxygen atoms in total. The molecule has 1 aromatic carbocycles. The topological polar surface area (TPSA) is 12.9 Å². The second kappa shape index (κ2) is 3.40. The molecule has 0 amide bonds. The van der Waals surface area contributed by atoms with Crippen LogP contribution in [0.3, 0.4) is 0 Å². The van der Waals surface area contributed by atoms with E-state index < -0.39 is 0 Å². The standard InChI is InChI=1S/C12H11N/c1-10-6-2-3-7-11(10)12-8-4-5-9-13-12/h2-9H,1H3/i7D,9D. The van der Waals surface area contributed by atoms with Gasteiger partial charge in [-0.3, -0.25) is 4.98 Å². The Kier molecular flexibility index (Phi) is 1.55. The molecule has 0 aliphatic carbocycles. The zero-order valence-corrected chi connectivity index (χ0v) is 7.41. The van der Waals surface area contributed by atoms with Gasteiger partial charge in [0.2, 0.25) is 0 Å². The van der Waals surface area contributed by atoms with Crippen molar-refractivity contribution in [1.82, 2.24) is 4.98 Å². The van der Waals surface area contributed by atoms with Crippen LogP contribution in [-0.2, 0) is 0 Å². The highest BCUT2D eigenvalue weighted by Crippen LogP contribution is 2.19. The van der Waals surface area contributed by atoms with Crippen molar-refractivity contribution in [3.8, 4) is 11.3 Å². The number of nitrogens with zero attached hydrogens (tertiary/aromatic N) is 1. The van der Waals surface area contributed by atoms with Crippen LogP contribution >= 0.6 is 0 Å². The van der Waals surface area contributed by atoms with Gasteiger partial charge in [-0.25, -0.2) is 0 Å². The van der Waals surface area contributed by atoms with E-state index in [1.54, 1.807) is 18.2 Å². The van der Waals surface area contributed by atoms with E-state index in [0.717, 1.165) is 11.1 Å². The SMILES string of the molecule is [2H]c1cccc(-c2c([2H])cccc2C)n1. The fourth-order valence-corrected chi connectivity index (χ4v) is 1.26. The molecule has 0 N–H and O–H groups in total. The number of hydrogen-bond donors (Lipinski definition) is 0. The van der Waals surface area contributed by atoms with Gasteiger partial charge >= 0.3 is 0 Å². The summed E-state index contributed by atoms with van der Waals surface area (Å²) in [7, 11) is 0. The third kappa shape index (κ3) is 1.59. The summed E-state index contributed by atoms with van der Waals surface area (Å²) in [6.07, 6.45) is 0.232. The molecule has 1 heteroatoms. The van der Waals surface area contributed by atoms with Crippen LogP contribution < -0.4 is 0 Å². The summed E-state index contributed by atoms with van der Waals surface area (Å²) in [6, 6.07) is 11.2. The van der Waals surface area contributed by atoms with Gasteiger partial charge in [-0.1, -0.05) is 30.3 Å². The minimum Gasteiger partial charge on any atom is -0.256 e. The van der Waals surface area contributed by atoms with E-state index in [-0.39, 0.29) is 6.17 Å². The van der Waals surface area contributed by atoms with Gasteiger partial charge in [-0.05, 0) is 24.6 Å². The Labute approximate surface area is 80.9 Å². The summed E-state index contributed by atoms with van der Waals surface area (Å²) >= 11 is 0. The Morgan fingerprint density at radius 1 is 1.15 bits per heavy atom. The largest absolute Gasteiger partial charge is 0.256 e. The molecule has 0 atom stereocenters. The second-order valence-corrected chi connectivity index (χ2v) is 2.88. The maximum atomic E-state index is 7.82. The first kappa shape index (κ1) is 5.92. The highest BCUT2D eigenvalue weighted by atomic mass is 14.7. The Morgan fingerprint density at radius 3 is 2.77 bits per heavy atom. The van der Waals surface area contributed by atoms with Crippen molar-refractivity contribution in [3.05, 3.63) is 54.2 Å². The van der Waals surface area contributed by atoms with Gasteiger partial charge in [0.25, 0.3) is 0 Å². The molecule has 1 aromatic heterocycles. The van der Waals surface area contributed by atoms with E-state index in [1.807, 2.05) is 25.1 Å². The first-order valence-electron chi connectivity index (χ1n) is 5.19. The fraction of sp³-hybridized carbons (Fsp3) is 0.0833. The van der Waals surface area contributed by atoms with Crippen molar-refractivity contribution < 1.29 is 2.74 Å². The molecule has 2 rings (SSSR count). The summed E-state index contributed by atoms with van der Waals surface area (Å²) in [4.78, 5) is 4.11. The minimum atomic E-state index is 0.232. The van der Waals surface area contributed by atoms with Crippen molar-refractivity contribution in [2.45, 2.75) is 6.92 Å². The van der Waals surface area contributed by atoms with Crippen LogP contribution in [0, 0.1) is 6.92 Å². The molecule has 0 fully saturated rings. The second-order valence-electron chi connectivity index (χ2n) is 2.88. The van der Waals surface area contributed by atoms with Crippen molar-refractivity contribution in [2.24, 2.45) is 0 Å². The summed E-state index contributed by atoms with van der Waals surface area (Å²) in [6.45, 7) is 1.95. The fourth-order valence-electron chi connectivity index (χ4n) is 1.26. The molecular formula is C12H11N. The lowest BCUT2D eigenvalue weighted by Crippen LogP contribution is -1.84. The molecule has 1 heterocycles. The molecular weight excluding hydrogens is 158 g/mol. The van der Waals surface area contributed by atoms with Gasteiger partial charge in [0, 0.05) is 11.7 Å². The highest BCUT2D eigenvalue weighted by molar-refractivity contribution is 5.62. The van der Waals surface area contributed by atoms with Gasteiger partial charge in [0.15, 0.2) is 0 Å². The van der Waals surface area contributed by atoms with Gasteiger partial charge in [-0.2, -0.15) is 0 Å². The first-order valence-corrected chi connectivity index (χ1v) is 4.19. The van der Waals surface area contributed by atoms with E-state index in [9.17, 15) is 0 Å². The molecule has 0 radical (unpaired) electrons. The van der Waals surface area contributed by atoms with Crippen LogP contribution in [-0.4, -0.2) is 4.98 Å². The third-order valence-corrected chi connectivity index (χ3v) is 1.93. The maximum Gasteiger partial charge on any atom is 0.0840 e. The van der Waals surface area contributed by atoms with Gasteiger partial charge in [0.05, 0.1) is 8.44 Å². The van der Waals surface area contributed by atoms with Gasteiger partial charge in [-0.15, -0.1) is 0 Å². The summed E-state index contributed by atoms with van der Waals surface area (Å²) < 4.78 is 15.3. The lowest BCUT2D eigenvalue weighted by Gasteiger charge is -2.03. The van der Waals surface area contributed by atoms with Crippen LogP contribution in [0.5, 0.6) is 0 Å². The molecule has 0 saturated carbocycles. The predicted octanol–water partition coefficient (Wildman–Crippen LogP) is 3.06. The molecule has 13 heavy (non-hydrogen) atoms. The number of aryl methyl sites for hydroxylation is 1. The Hall–Kier alpha value is -1.63. The molecule has 0 unspecified atom stereocenters. The normalized spacial score (nSPS) is 12.1.